The molecule has 1 aromatic heterocycles. The fraction of sp³-hybridized carbons (Fsp3) is 0.421. The highest BCUT2D eigenvalue weighted by Gasteiger charge is 2.27. The van der Waals surface area contributed by atoms with E-state index in [0.717, 1.165) is 37.1 Å². The molecule has 0 unspecified atom stereocenters. The molecule has 1 saturated heterocycles. The van der Waals surface area contributed by atoms with Gasteiger partial charge in [0.15, 0.2) is 0 Å². The summed E-state index contributed by atoms with van der Waals surface area (Å²) in [6.07, 6.45) is 1.31. The molecule has 0 radical (unpaired) electrons. The molecule has 1 fully saturated rings. The Balaban J connectivity index is 1.73. The molecule has 4 nitrogen and oxygen atoms in total. The maximum absolute atomic E-state index is 13.0. The number of benzene rings is 1. The quantitative estimate of drug-likeness (QED) is 0.847. The van der Waals surface area contributed by atoms with Crippen molar-refractivity contribution in [1.82, 2.24) is 10.2 Å². The van der Waals surface area contributed by atoms with Crippen molar-refractivity contribution < 1.29 is 9.90 Å². The number of amides is 1. The van der Waals surface area contributed by atoms with E-state index >= 15 is 0 Å². The fourth-order valence-electron chi connectivity index (χ4n) is 3.14. The van der Waals surface area contributed by atoms with Crippen molar-refractivity contribution >= 4 is 17.2 Å². The number of carbonyl (C=O) groups is 1. The second-order valence-electron chi connectivity index (χ2n) is 6.32. The van der Waals surface area contributed by atoms with E-state index in [1.54, 1.807) is 11.3 Å². The Labute approximate surface area is 147 Å². The van der Waals surface area contributed by atoms with Gasteiger partial charge in [-0.25, -0.2) is 0 Å². The summed E-state index contributed by atoms with van der Waals surface area (Å²) in [6.45, 7) is 2.59. The Bertz CT molecular complexity index is 624. The van der Waals surface area contributed by atoms with Crippen molar-refractivity contribution in [3.63, 3.8) is 0 Å². The molecule has 2 N–H and O–H groups in total. The number of hydrogen-bond donors (Lipinski definition) is 2. The third-order valence-corrected chi connectivity index (χ3v) is 5.20. The van der Waals surface area contributed by atoms with Crippen LogP contribution in [0.25, 0.3) is 0 Å². The van der Waals surface area contributed by atoms with E-state index in [2.05, 4.69) is 5.32 Å². The van der Waals surface area contributed by atoms with Crippen LogP contribution in [0.5, 0.6) is 0 Å². The molecule has 0 bridgehead atoms. The topological polar surface area (TPSA) is 52.6 Å². The lowest BCUT2D eigenvalue weighted by Crippen LogP contribution is -2.44. The van der Waals surface area contributed by atoms with Crippen LogP contribution in [0.15, 0.2) is 47.2 Å². The monoisotopic (exact) mass is 344 g/mol. The van der Waals surface area contributed by atoms with E-state index in [0.29, 0.717) is 13.1 Å². The van der Waals surface area contributed by atoms with E-state index in [4.69, 9.17) is 0 Å². The van der Waals surface area contributed by atoms with E-state index in [9.17, 15) is 9.90 Å². The first-order valence-electron chi connectivity index (χ1n) is 8.47. The van der Waals surface area contributed by atoms with Crippen LogP contribution in [0, 0.1) is 5.92 Å². The summed E-state index contributed by atoms with van der Waals surface area (Å²) >= 11 is 1.56. The number of nitrogens with one attached hydrogen (secondary N) is 1. The van der Waals surface area contributed by atoms with Gasteiger partial charge in [-0.05, 0) is 47.3 Å². The summed E-state index contributed by atoms with van der Waals surface area (Å²) < 4.78 is 0. The lowest BCUT2D eigenvalue weighted by molar-refractivity contribution is -0.138. The van der Waals surface area contributed by atoms with Gasteiger partial charge in [-0.1, -0.05) is 30.3 Å². The van der Waals surface area contributed by atoms with Crippen LogP contribution in [0.2, 0.25) is 0 Å². The molecule has 0 aliphatic carbocycles. The Kier molecular flexibility index (Phi) is 6.01. The second kappa shape index (κ2) is 8.42. The van der Waals surface area contributed by atoms with Crippen LogP contribution in [-0.2, 0) is 11.3 Å². The zero-order valence-electron chi connectivity index (χ0n) is 13.7. The highest BCUT2D eigenvalue weighted by Crippen LogP contribution is 2.21. The van der Waals surface area contributed by atoms with Crippen LogP contribution in [0.3, 0.4) is 0 Å². The molecule has 1 aromatic carbocycles. The minimum atomic E-state index is -0.638. The van der Waals surface area contributed by atoms with E-state index in [1.165, 1.54) is 0 Å². The molecule has 128 valence electrons. The average molecular weight is 344 g/mol. The SMILES string of the molecule is O=C([C@H]1CCCNC1)N(Cc1ccccc1)C[C@H](O)c1ccsc1. The molecule has 0 saturated carbocycles. The van der Waals surface area contributed by atoms with Crippen LogP contribution in [0.1, 0.15) is 30.1 Å². The van der Waals surface area contributed by atoms with Crippen molar-refractivity contribution in [2.24, 2.45) is 5.92 Å². The van der Waals surface area contributed by atoms with Crippen LogP contribution in [0.4, 0.5) is 0 Å². The molecule has 2 heterocycles. The van der Waals surface area contributed by atoms with Gasteiger partial charge in [-0.15, -0.1) is 0 Å². The third-order valence-electron chi connectivity index (χ3n) is 4.50. The number of aliphatic hydroxyl groups excluding tert-OH is 1. The van der Waals surface area contributed by atoms with E-state index in [1.807, 2.05) is 52.1 Å². The molecule has 3 rings (SSSR count). The van der Waals surface area contributed by atoms with Crippen molar-refractivity contribution in [3.05, 3.63) is 58.3 Å². The highest BCUT2D eigenvalue weighted by molar-refractivity contribution is 7.07. The summed E-state index contributed by atoms with van der Waals surface area (Å²) in [5.74, 6) is 0.150. The average Bonchev–Trinajstić information content (AvgIpc) is 3.17. The first-order chi connectivity index (χ1) is 11.7. The van der Waals surface area contributed by atoms with Crippen molar-refractivity contribution in [1.29, 1.82) is 0 Å². The van der Waals surface area contributed by atoms with Crippen molar-refractivity contribution in [2.75, 3.05) is 19.6 Å². The Hall–Kier alpha value is -1.69. The van der Waals surface area contributed by atoms with Crippen LogP contribution >= 0.6 is 11.3 Å². The summed E-state index contributed by atoms with van der Waals surface area (Å²) in [6, 6.07) is 11.9. The minimum absolute atomic E-state index is 0.0112. The fourth-order valence-corrected chi connectivity index (χ4v) is 3.84. The molecule has 24 heavy (non-hydrogen) atoms. The predicted octanol–water partition coefficient (Wildman–Crippen LogP) is 2.81. The van der Waals surface area contributed by atoms with Gasteiger partial charge in [-0.3, -0.25) is 4.79 Å². The lowest BCUT2D eigenvalue weighted by atomic mass is 9.97. The summed E-state index contributed by atoms with van der Waals surface area (Å²) in [4.78, 5) is 14.8. The summed E-state index contributed by atoms with van der Waals surface area (Å²) in [7, 11) is 0. The smallest absolute Gasteiger partial charge is 0.227 e. The number of nitrogens with zero attached hydrogens (tertiary/aromatic N) is 1. The lowest BCUT2D eigenvalue weighted by Gasteiger charge is -2.31. The zero-order valence-corrected chi connectivity index (χ0v) is 14.5. The molecule has 1 amide bonds. The number of carbonyl (C=O) groups excluding carboxylic acids is 1. The molecule has 1 aliphatic rings. The Morgan fingerprint density at radius 1 is 1.33 bits per heavy atom. The first kappa shape index (κ1) is 17.1. The largest absolute Gasteiger partial charge is 0.387 e. The molecule has 0 spiro atoms. The number of aliphatic hydroxyl groups is 1. The number of hydrogen-bond acceptors (Lipinski definition) is 4. The summed E-state index contributed by atoms with van der Waals surface area (Å²) in [5.41, 5.74) is 1.97. The van der Waals surface area contributed by atoms with Gasteiger partial charge in [0, 0.05) is 13.1 Å². The van der Waals surface area contributed by atoms with Crippen LogP contribution in [-0.4, -0.2) is 35.5 Å². The van der Waals surface area contributed by atoms with E-state index in [-0.39, 0.29) is 11.8 Å². The molecule has 1 aliphatic heterocycles. The van der Waals surface area contributed by atoms with Crippen molar-refractivity contribution in [2.45, 2.75) is 25.5 Å². The predicted molar refractivity (Wildman–Crippen MR) is 96.7 cm³/mol. The minimum Gasteiger partial charge on any atom is -0.387 e. The normalized spacial score (nSPS) is 19.0. The highest BCUT2D eigenvalue weighted by atomic mass is 32.1. The van der Waals surface area contributed by atoms with Gasteiger partial charge in [0.1, 0.15) is 0 Å². The maximum atomic E-state index is 13.0. The van der Waals surface area contributed by atoms with Crippen LogP contribution < -0.4 is 5.32 Å². The van der Waals surface area contributed by atoms with Gasteiger partial charge in [0.2, 0.25) is 5.91 Å². The molecular weight excluding hydrogens is 320 g/mol. The van der Waals surface area contributed by atoms with Gasteiger partial charge in [-0.2, -0.15) is 11.3 Å². The molecule has 2 atom stereocenters. The maximum Gasteiger partial charge on any atom is 0.227 e. The third kappa shape index (κ3) is 4.44. The Morgan fingerprint density at radius 3 is 2.83 bits per heavy atom. The molecular formula is C19H24N2O2S. The number of piperidine rings is 1. The van der Waals surface area contributed by atoms with E-state index < -0.39 is 6.10 Å². The summed E-state index contributed by atoms with van der Waals surface area (Å²) in [5, 5.41) is 17.7. The van der Waals surface area contributed by atoms with Gasteiger partial charge >= 0.3 is 0 Å². The number of rotatable bonds is 6. The van der Waals surface area contributed by atoms with Gasteiger partial charge in [0.05, 0.1) is 18.6 Å². The Morgan fingerprint density at radius 2 is 2.17 bits per heavy atom. The second-order valence-corrected chi connectivity index (χ2v) is 7.10. The molecule has 5 heteroatoms. The zero-order chi connectivity index (χ0) is 16.8. The number of thiophene rings is 1. The van der Waals surface area contributed by atoms with Gasteiger partial charge in [0.25, 0.3) is 0 Å². The van der Waals surface area contributed by atoms with Crippen molar-refractivity contribution in [3.8, 4) is 0 Å². The standard InChI is InChI=1S/C19H24N2O2S/c22-18(17-8-10-24-14-17)13-21(12-15-5-2-1-3-6-15)19(23)16-7-4-9-20-11-16/h1-3,5-6,8,10,14,16,18,20,22H,4,7,9,11-13H2/t16-,18-/m0/s1. The molecule has 2 aromatic rings. The van der Waals surface area contributed by atoms with Gasteiger partial charge < -0.3 is 15.3 Å². The first-order valence-corrected chi connectivity index (χ1v) is 9.42.